The topological polar surface area (TPSA) is 79.6 Å². The molecule has 1 saturated carbocycles. The molecule has 1 amide bonds. The molecule has 2 aliphatic rings. The highest BCUT2D eigenvalue weighted by Gasteiger charge is 2.35. The van der Waals surface area contributed by atoms with Crippen molar-refractivity contribution < 1.29 is 9.72 Å². The predicted molar refractivity (Wildman–Crippen MR) is 72.4 cm³/mol. The van der Waals surface area contributed by atoms with E-state index in [-0.39, 0.29) is 17.5 Å². The standard InChI is InChI=1S/C13H16N4O3/c18-13(10-1-2-10)16-7-5-15(6-8-16)11-3-4-14-9-12(11)17(19)20/h3-4,9-10H,1-2,5-8H2. The fourth-order valence-corrected chi connectivity index (χ4v) is 2.54. The molecule has 2 heterocycles. The lowest BCUT2D eigenvalue weighted by Crippen LogP contribution is -2.49. The quantitative estimate of drug-likeness (QED) is 0.609. The van der Waals surface area contributed by atoms with Crippen LogP contribution in [0.15, 0.2) is 18.5 Å². The second-order valence-corrected chi connectivity index (χ2v) is 5.21. The minimum atomic E-state index is -0.413. The van der Waals surface area contributed by atoms with Crippen molar-refractivity contribution in [2.45, 2.75) is 12.8 Å². The van der Waals surface area contributed by atoms with Crippen molar-refractivity contribution in [1.82, 2.24) is 9.88 Å². The van der Waals surface area contributed by atoms with Crippen molar-refractivity contribution in [3.63, 3.8) is 0 Å². The van der Waals surface area contributed by atoms with Crippen LogP contribution in [-0.2, 0) is 4.79 Å². The van der Waals surface area contributed by atoms with Gasteiger partial charge in [0.05, 0.1) is 4.92 Å². The van der Waals surface area contributed by atoms with Gasteiger partial charge in [-0.2, -0.15) is 0 Å². The Morgan fingerprint density at radius 3 is 2.60 bits per heavy atom. The second kappa shape index (κ2) is 5.07. The van der Waals surface area contributed by atoms with Crippen LogP contribution in [0.3, 0.4) is 0 Å². The molecule has 0 radical (unpaired) electrons. The molecule has 7 nitrogen and oxygen atoms in total. The fraction of sp³-hybridized carbons (Fsp3) is 0.538. The first-order chi connectivity index (χ1) is 9.66. The van der Waals surface area contributed by atoms with Gasteiger partial charge in [0.2, 0.25) is 5.91 Å². The Kier molecular flexibility index (Phi) is 3.25. The number of aromatic nitrogens is 1. The molecule has 3 rings (SSSR count). The SMILES string of the molecule is O=C(C1CC1)N1CCN(c2ccncc2[N+](=O)[O-])CC1. The van der Waals surface area contributed by atoms with Crippen LogP contribution in [0.4, 0.5) is 11.4 Å². The zero-order chi connectivity index (χ0) is 14.1. The highest BCUT2D eigenvalue weighted by atomic mass is 16.6. The van der Waals surface area contributed by atoms with Gasteiger partial charge < -0.3 is 9.80 Å². The number of carbonyl (C=O) groups excluding carboxylic acids is 1. The second-order valence-electron chi connectivity index (χ2n) is 5.21. The van der Waals surface area contributed by atoms with Crippen molar-refractivity contribution in [2.24, 2.45) is 5.92 Å². The summed E-state index contributed by atoms with van der Waals surface area (Å²) in [4.78, 5) is 30.2. The molecule has 1 aromatic heterocycles. The summed E-state index contributed by atoms with van der Waals surface area (Å²) in [6.07, 6.45) is 4.85. The van der Waals surface area contributed by atoms with Gasteiger partial charge in [-0.25, -0.2) is 0 Å². The van der Waals surface area contributed by atoms with E-state index in [1.54, 1.807) is 12.3 Å². The van der Waals surface area contributed by atoms with Gasteiger partial charge in [-0.3, -0.25) is 19.9 Å². The van der Waals surface area contributed by atoms with Gasteiger partial charge >= 0.3 is 5.69 Å². The molecular formula is C13H16N4O3. The molecule has 1 aromatic rings. The lowest BCUT2D eigenvalue weighted by molar-refractivity contribution is -0.384. The van der Waals surface area contributed by atoms with E-state index in [9.17, 15) is 14.9 Å². The number of piperazine rings is 1. The van der Waals surface area contributed by atoms with Crippen LogP contribution in [0.25, 0.3) is 0 Å². The fourth-order valence-electron chi connectivity index (χ4n) is 2.54. The van der Waals surface area contributed by atoms with E-state index in [1.165, 1.54) is 6.20 Å². The van der Waals surface area contributed by atoms with E-state index in [2.05, 4.69) is 4.98 Å². The summed E-state index contributed by atoms with van der Waals surface area (Å²) in [7, 11) is 0. The van der Waals surface area contributed by atoms with Crippen LogP contribution in [0.1, 0.15) is 12.8 Å². The molecule has 0 aromatic carbocycles. The maximum Gasteiger partial charge on any atom is 0.310 e. The molecule has 1 aliphatic carbocycles. The number of rotatable bonds is 3. The van der Waals surface area contributed by atoms with Crippen molar-refractivity contribution >= 4 is 17.3 Å². The molecule has 0 atom stereocenters. The molecule has 0 N–H and O–H groups in total. The number of hydrogen-bond donors (Lipinski definition) is 0. The average molecular weight is 276 g/mol. The molecule has 7 heteroatoms. The van der Waals surface area contributed by atoms with Crippen LogP contribution in [0.5, 0.6) is 0 Å². The van der Waals surface area contributed by atoms with Crippen molar-refractivity contribution in [3.8, 4) is 0 Å². The Bertz CT molecular complexity index is 536. The average Bonchev–Trinajstić information content (AvgIpc) is 3.31. The summed E-state index contributed by atoms with van der Waals surface area (Å²) in [6.45, 7) is 2.52. The highest BCUT2D eigenvalue weighted by Crippen LogP contribution is 2.32. The Morgan fingerprint density at radius 1 is 1.30 bits per heavy atom. The third-order valence-electron chi connectivity index (χ3n) is 3.83. The summed E-state index contributed by atoms with van der Waals surface area (Å²) < 4.78 is 0. The number of amides is 1. The third kappa shape index (κ3) is 2.43. The summed E-state index contributed by atoms with van der Waals surface area (Å²) in [5, 5.41) is 11.0. The third-order valence-corrected chi connectivity index (χ3v) is 3.83. The summed E-state index contributed by atoms with van der Waals surface area (Å²) in [5.41, 5.74) is 0.609. The van der Waals surface area contributed by atoms with Gasteiger partial charge in [-0.15, -0.1) is 0 Å². The minimum Gasteiger partial charge on any atom is -0.362 e. The molecule has 20 heavy (non-hydrogen) atoms. The number of anilines is 1. The van der Waals surface area contributed by atoms with E-state index in [0.717, 1.165) is 12.8 Å². The van der Waals surface area contributed by atoms with Gasteiger partial charge in [0.15, 0.2) is 0 Å². The Labute approximate surface area is 116 Å². The number of pyridine rings is 1. The first kappa shape index (κ1) is 12.8. The Morgan fingerprint density at radius 2 is 2.00 bits per heavy atom. The van der Waals surface area contributed by atoms with Gasteiger partial charge in [-0.05, 0) is 18.9 Å². The van der Waals surface area contributed by atoms with Crippen molar-refractivity contribution in [1.29, 1.82) is 0 Å². The van der Waals surface area contributed by atoms with E-state index in [1.807, 2.05) is 9.80 Å². The number of carbonyl (C=O) groups is 1. The Hall–Kier alpha value is -2.18. The first-order valence-electron chi connectivity index (χ1n) is 6.79. The number of nitro groups is 1. The predicted octanol–water partition coefficient (Wildman–Crippen LogP) is 1.05. The van der Waals surface area contributed by atoms with Crippen LogP contribution in [-0.4, -0.2) is 46.9 Å². The molecule has 0 unspecified atom stereocenters. The largest absolute Gasteiger partial charge is 0.362 e. The van der Waals surface area contributed by atoms with Gasteiger partial charge in [0, 0.05) is 38.3 Å². The highest BCUT2D eigenvalue weighted by molar-refractivity contribution is 5.81. The zero-order valence-electron chi connectivity index (χ0n) is 11.1. The van der Waals surface area contributed by atoms with E-state index in [0.29, 0.717) is 31.9 Å². The van der Waals surface area contributed by atoms with Crippen LogP contribution < -0.4 is 4.90 Å². The van der Waals surface area contributed by atoms with E-state index < -0.39 is 4.92 Å². The van der Waals surface area contributed by atoms with E-state index in [4.69, 9.17) is 0 Å². The number of hydrogen-bond acceptors (Lipinski definition) is 5. The van der Waals surface area contributed by atoms with Gasteiger partial charge in [0.1, 0.15) is 11.9 Å². The number of nitrogens with zero attached hydrogens (tertiary/aromatic N) is 4. The van der Waals surface area contributed by atoms with Crippen LogP contribution in [0, 0.1) is 16.0 Å². The van der Waals surface area contributed by atoms with Crippen LogP contribution in [0.2, 0.25) is 0 Å². The van der Waals surface area contributed by atoms with Crippen molar-refractivity contribution in [2.75, 3.05) is 31.1 Å². The van der Waals surface area contributed by atoms with Crippen LogP contribution >= 0.6 is 0 Å². The molecule has 1 saturated heterocycles. The maximum absolute atomic E-state index is 12.0. The molecule has 1 aliphatic heterocycles. The summed E-state index contributed by atoms with van der Waals surface area (Å²) in [5.74, 6) is 0.477. The lowest BCUT2D eigenvalue weighted by Gasteiger charge is -2.35. The molecule has 106 valence electrons. The van der Waals surface area contributed by atoms with Gasteiger partial charge in [-0.1, -0.05) is 0 Å². The maximum atomic E-state index is 12.0. The lowest BCUT2D eigenvalue weighted by atomic mass is 10.2. The molecule has 0 spiro atoms. The normalized spacial score (nSPS) is 19.0. The van der Waals surface area contributed by atoms with Crippen molar-refractivity contribution in [3.05, 3.63) is 28.6 Å². The Balaban J connectivity index is 1.69. The monoisotopic (exact) mass is 276 g/mol. The van der Waals surface area contributed by atoms with E-state index >= 15 is 0 Å². The molecular weight excluding hydrogens is 260 g/mol. The molecule has 2 fully saturated rings. The smallest absolute Gasteiger partial charge is 0.310 e. The first-order valence-corrected chi connectivity index (χ1v) is 6.79. The van der Waals surface area contributed by atoms with Gasteiger partial charge in [0.25, 0.3) is 0 Å². The minimum absolute atomic E-state index is 0.0227. The summed E-state index contributed by atoms with van der Waals surface area (Å²) in [6, 6.07) is 1.66. The summed E-state index contributed by atoms with van der Waals surface area (Å²) >= 11 is 0. The molecule has 0 bridgehead atoms. The zero-order valence-corrected chi connectivity index (χ0v) is 11.1.